The highest BCUT2D eigenvalue weighted by Crippen LogP contribution is 2.31. The Kier molecular flexibility index (Phi) is 4.69. The summed E-state index contributed by atoms with van der Waals surface area (Å²) < 4.78 is 0. The van der Waals surface area contributed by atoms with Gasteiger partial charge >= 0.3 is 0 Å². The van der Waals surface area contributed by atoms with Crippen molar-refractivity contribution in [2.24, 2.45) is 0 Å². The third-order valence-electron chi connectivity index (χ3n) is 3.66. The maximum atomic E-state index is 4.28. The normalized spacial score (nSPS) is 14.1. The van der Waals surface area contributed by atoms with Gasteiger partial charge in [-0.1, -0.05) is 44.2 Å². The number of pyridine rings is 1. The van der Waals surface area contributed by atoms with Gasteiger partial charge in [-0.05, 0) is 36.2 Å². The summed E-state index contributed by atoms with van der Waals surface area (Å²) in [6.07, 6.45) is 3.84. The fraction of sp³-hybridized carbons (Fsp3) is 0.353. The summed E-state index contributed by atoms with van der Waals surface area (Å²) >= 11 is 0. The fourth-order valence-corrected chi connectivity index (χ4v) is 2.53. The molecule has 2 heteroatoms. The van der Waals surface area contributed by atoms with Crippen molar-refractivity contribution in [3.8, 4) is 0 Å². The van der Waals surface area contributed by atoms with Crippen molar-refractivity contribution < 1.29 is 0 Å². The van der Waals surface area contributed by atoms with Gasteiger partial charge in [0.1, 0.15) is 0 Å². The van der Waals surface area contributed by atoms with Crippen molar-refractivity contribution in [1.82, 2.24) is 10.3 Å². The molecule has 0 amide bonds. The Bertz CT molecular complexity index is 508. The lowest BCUT2D eigenvalue weighted by molar-refractivity contribution is 0.476. The Morgan fingerprint density at radius 2 is 1.89 bits per heavy atom. The van der Waals surface area contributed by atoms with Crippen LogP contribution >= 0.6 is 0 Å². The third-order valence-corrected chi connectivity index (χ3v) is 3.66. The number of nitrogens with one attached hydrogen (secondary N) is 1. The second-order valence-electron chi connectivity index (χ2n) is 4.97. The quantitative estimate of drug-likeness (QED) is 0.876. The molecule has 0 aliphatic carbocycles. The molecule has 0 spiro atoms. The third kappa shape index (κ3) is 3.21. The van der Waals surface area contributed by atoms with Gasteiger partial charge in [0, 0.05) is 24.4 Å². The molecule has 100 valence electrons. The Labute approximate surface area is 115 Å². The Morgan fingerprint density at radius 3 is 2.53 bits per heavy atom. The molecule has 2 nitrogen and oxygen atoms in total. The Morgan fingerprint density at radius 1 is 1.16 bits per heavy atom. The molecule has 1 N–H and O–H groups in total. The van der Waals surface area contributed by atoms with Crippen LogP contribution in [0.2, 0.25) is 0 Å². The SMILES string of the molecule is CCNC(c1cnccc1C)C(C)c1ccccc1. The molecular weight excluding hydrogens is 232 g/mol. The minimum Gasteiger partial charge on any atom is -0.310 e. The van der Waals surface area contributed by atoms with Gasteiger partial charge in [-0.3, -0.25) is 4.98 Å². The van der Waals surface area contributed by atoms with E-state index in [1.54, 1.807) is 0 Å². The van der Waals surface area contributed by atoms with E-state index in [0.717, 1.165) is 6.54 Å². The number of rotatable bonds is 5. The molecule has 0 saturated heterocycles. The minimum atomic E-state index is 0.307. The second-order valence-corrected chi connectivity index (χ2v) is 4.97. The van der Waals surface area contributed by atoms with Crippen LogP contribution in [0.5, 0.6) is 0 Å². The van der Waals surface area contributed by atoms with E-state index in [4.69, 9.17) is 0 Å². The van der Waals surface area contributed by atoms with Crippen molar-refractivity contribution in [3.63, 3.8) is 0 Å². The highest BCUT2D eigenvalue weighted by molar-refractivity contribution is 5.30. The maximum Gasteiger partial charge on any atom is 0.0404 e. The fourth-order valence-electron chi connectivity index (χ4n) is 2.53. The maximum absolute atomic E-state index is 4.28. The first-order valence-electron chi connectivity index (χ1n) is 6.93. The van der Waals surface area contributed by atoms with Gasteiger partial charge < -0.3 is 5.32 Å². The van der Waals surface area contributed by atoms with E-state index < -0.39 is 0 Å². The first-order valence-corrected chi connectivity index (χ1v) is 6.93. The molecular formula is C17H22N2. The Hall–Kier alpha value is -1.67. The number of nitrogens with zero attached hydrogens (tertiary/aromatic N) is 1. The van der Waals surface area contributed by atoms with Crippen molar-refractivity contribution >= 4 is 0 Å². The van der Waals surface area contributed by atoms with Crippen LogP contribution in [0.4, 0.5) is 0 Å². The van der Waals surface area contributed by atoms with Gasteiger partial charge in [0.2, 0.25) is 0 Å². The van der Waals surface area contributed by atoms with Crippen LogP contribution in [-0.2, 0) is 0 Å². The zero-order valence-corrected chi connectivity index (χ0v) is 11.9. The zero-order valence-electron chi connectivity index (χ0n) is 11.9. The van der Waals surface area contributed by atoms with Gasteiger partial charge in [-0.15, -0.1) is 0 Å². The smallest absolute Gasteiger partial charge is 0.0404 e. The molecule has 1 aromatic heterocycles. The summed E-state index contributed by atoms with van der Waals surface area (Å²) in [4.78, 5) is 4.28. The van der Waals surface area contributed by atoms with Gasteiger partial charge in [0.25, 0.3) is 0 Å². The molecule has 0 bridgehead atoms. The van der Waals surface area contributed by atoms with Crippen molar-refractivity contribution in [2.75, 3.05) is 6.54 Å². The molecule has 0 saturated carbocycles. The molecule has 0 fully saturated rings. The van der Waals surface area contributed by atoms with Crippen molar-refractivity contribution in [2.45, 2.75) is 32.7 Å². The summed E-state index contributed by atoms with van der Waals surface area (Å²) in [5, 5.41) is 3.60. The summed E-state index contributed by atoms with van der Waals surface area (Å²) in [5.41, 5.74) is 3.95. The number of aryl methyl sites for hydroxylation is 1. The number of aromatic nitrogens is 1. The van der Waals surface area contributed by atoms with Crippen LogP contribution in [0.3, 0.4) is 0 Å². The number of benzene rings is 1. The average molecular weight is 254 g/mol. The van der Waals surface area contributed by atoms with E-state index in [9.17, 15) is 0 Å². The van der Waals surface area contributed by atoms with Crippen LogP contribution < -0.4 is 5.32 Å². The predicted octanol–water partition coefficient (Wildman–Crippen LogP) is 3.84. The zero-order chi connectivity index (χ0) is 13.7. The molecule has 2 unspecified atom stereocenters. The van der Waals surface area contributed by atoms with Gasteiger partial charge in [0.15, 0.2) is 0 Å². The van der Waals surface area contributed by atoms with Crippen molar-refractivity contribution in [3.05, 3.63) is 65.5 Å². The highest BCUT2D eigenvalue weighted by atomic mass is 14.9. The monoisotopic (exact) mass is 254 g/mol. The molecule has 2 rings (SSSR count). The molecule has 2 atom stereocenters. The first kappa shape index (κ1) is 13.8. The molecule has 1 heterocycles. The van der Waals surface area contributed by atoms with E-state index in [1.807, 2.05) is 12.4 Å². The summed E-state index contributed by atoms with van der Waals surface area (Å²) in [6.45, 7) is 7.53. The average Bonchev–Trinajstić information content (AvgIpc) is 2.46. The number of hydrogen-bond acceptors (Lipinski definition) is 2. The Balaban J connectivity index is 2.33. The second kappa shape index (κ2) is 6.48. The number of hydrogen-bond donors (Lipinski definition) is 1. The van der Waals surface area contributed by atoms with E-state index in [1.165, 1.54) is 16.7 Å². The van der Waals surface area contributed by atoms with Gasteiger partial charge in [-0.25, -0.2) is 0 Å². The standard InChI is InChI=1S/C17H22N2/c1-4-19-17(16-12-18-11-10-13(16)2)14(3)15-8-6-5-7-9-15/h5-12,14,17,19H,4H2,1-3H3. The largest absolute Gasteiger partial charge is 0.310 e. The molecule has 0 radical (unpaired) electrons. The van der Waals surface area contributed by atoms with E-state index >= 15 is 0 Å². The molecule has 2 aromatic rings. The van der Waals surface area contributed by atoms with Gasteiger partial charge in [0.05, 0.1) is 0 Å². The lowest BCUT2D eigenvalue weighted by Crippen LogP contribution is -2.26. The summed E-state index contributed by atoms with van der Waals surface area (Å²) in [7, 11) is 0. The van der Waals surface area contributed by atoms with E-state index in [2.05, 4.69) is 67.5 Å². The lowest BCUT2D eigenvalue weighted by atomic mass is 9.87. The first-order chi connectivity index (χ1) is 9.24. The van der Waals surface area contributed by atoms with E-state index in [-0.39, 0.29) is 0 Å². The van der Waals surface area contributed by atoms with Crippen LogP contribution in [0.25, 0.3) is 0 Å². The van der Waals surface area contributed by atoms with E-state index in [0.29, 0.717) is 12.0 Å². The van der Waals surface area contributed by atoms with Crippen molar-refractivity contribution in [1.29, 1.82) is 0 Å². The van der Waals surface area contributed by atoms with Crippen LogP contribution in [0.1, 0.15) is 42.5 Å². The van der Waals surface area contributed by atoms with Crippen LogP contribution in [0, 0.1) is 6.92 Å². The minimum absolute atomic E-state index is 0.307. The molecule has 0 aliphatic rings. The topological polar surface area (TPSA) is 24.9 Å². The predicted molar refractivity (Wildman–Crippen MR) is 80.2 cm³/mol. The summed E-state index contributed by atoms with van der Waals surface area (Å²) in [6, 6.07) is 13.0. The summed E-state index contributed by atoms with van der Waals surface area (Å²) in [5.74, 6) is 0.420. The van der Waals surface area contributed by atoms with Crippen LogP contribution in [-0.4, -0.2) is 11.5 Å². The molecule has 19 heavy (non-hydrogen) atoms. The molecule has 1 aromatic carbocycles. The van der Waals surface area contributed by atoms with Gasteiger partial charge in [-0.2, -0.15) is 0 Å². The van der Waals surface area contributed by atoms with Crippen LogP contribution in [0.15, 0.2) is 48.8 Å². The highest BCUT2D eigenvalue weighted by Gasteiger charge is 2.21. The molecule has 0 aliphatic heterocycles. The number of likely N-dealkylation sites (N-methyl/N-ethyl adjacent to an activating group) is 1. The lowest BCUT2D eigenvalue weighted by Gasteiger charge is -2.26.